The van der Waals surface area contributed by atoms with Crippen LogP contribution < -0.4 is 0 Å². The molecule has 0 spiro atoms. The second-order valence-electron chi connectivity index (χ2n) is 1.95. The van der Waals surface area contributed by atoms with Gasteiger partial charge in [0.1, 0.15) is 5.78 Å². The number of carbonyl (C=O) groups is 1. The highest BCUT2D eigenvalue weighted by atomic mass is 32.2. The van der Waals surface area contributed by atoms with Crippen molar-refractivity contribution in [1.29, 1.82) is 0 Å². The summed E-state index contributed by atoms with van der Waals surface area (Å²) in [6.45, 7) is 3.50. The van der Waals surface area contributed by atoms with Gasteiger partial charge in [0, 0.05) is 6.42 Å². The Bertz CT molecular complexity index is 95.1. The van der Waals surface area contributed by atoms with Gasteiger partial charge in [-0.05, 0) is 13.3 Å². The molecule has 0 bridgehead atoms. The van der Waals surface area contributed by atoms with E-state index in [9.17, 15) is 8.68 Å². The Hall–Kier alpha value is -0.0500. The van der Waals surface area contributed by atoms with Crippen LogP contribution in [-0.2, 0) is 4.79 Å². The maximum absolute atomic E-state index is 11.7. The van der Waals surface area contributed by atoms with E-state index in [1.807, 2.05) is 6.92 Å². The molecule has 0 saturated heterocycles. The molecule has 1 unspecified atom stereocenters. The van der Waals surface area contributed by atoms with E-state index in [0.717, 1.165) is 6.42 Å². The number of rotatable bonds is 4. The van der Waals surface area contributed by atoms with Gasteiger partial charge in [0.25, 0.3) is 0 Å². The minimum atomic E-state index is -0.468. The third kappa shape index (κ3) is 3.51. The number of hydrogen-bond donors (Lipinski definition) is 0. The Morgan fingerprint density at radius 2 is 2.33 bits per heavy atom. The maximum atomic E-state index is 11.7. The molecule has 0 amide bonds. The Morgan fingerprint density at radius 3 is 2.67 bits per heavy atom. The topological polar surface area (TPSA) is 17.1 Å². The summed E-state index contributed by atoms with van der Waals surface area (Å²) in [6, 6.07) is 0. The molecule has 0 saturated carbocycles. The largest absolute Gasteiger partial charge is 0.298 e. The number of Topliss-reactive ketones (excluding diaryl/α,β-unsaturated/α-hetero) is 1. The molecule has 0 aromatic carbocycles. The Morgan fingerprint density at radius 1 is 1.78 bits per heavy atom. The number of hydrogen-bond acceptors (Lipinski definition) is 2. The van der Waals surface area contributed by atoms with E-state index in [1.165, 1.54) is 0 Å². The zero-order valence-electron chi connectivity index (χ0n) is 5.69. The van der Waals surface area contributed by atoms with Crippen LogP contribution in [0.3, 0.4) is 0 Å². The van der Waals surface area contributed by atoms with Gasteiger partial charge in [0.2, 0.25) is 0 Å². The van der Waals surface area contributed by atoms with Crippen molar-refractivity contribution in [3.63, 3.8) is 0 Å². The van der Waals surface area contributed by atoms with Gasteiger partial charge in [-0.1, -0.05) is 6.92 Å². The van der Waals surface area contributed by atoms with Gasteiger partial charge < -0.3 is 0 Å². The molecular weight excluding hydrogens is 139 g/mol. The highest BCUT2D eigenvalue weighted by Gasteiger charge is 2.11. The van der Waals surface area contributed by atoms with Crippen LogP contribution in [0, 0.1) is 0 Å². The smallest absolute Gasteiger partial charge is 0.148 e. The maximum Gasteiger partial charge on any atom is 0.148 e. The average Bonchev–Trinajstić information content (AvgIpc) is 1.87. The standard InChI is InChI=1S/C6H11FOS/c1-3-4-6(8)5(2)9-7/h5H,3-4H2,1-2H3. The quantitative estimate of drug-likeness (QED) is 0.612. The first-order valence-electron chi connectivity index (χ1n) is 3.02. The molecule has 0 aliphatic heterocycles. The lowest BCUT2D eigenvalue weighted by Gasteiger charge is -2.00. The van der Waals surface area contributed by atoms with Crippen LogP contribution in [-0.4, -0.2) is 11.0 Å². The second-order valence-corrected chi connectivity index (χ2v) is 2.83. The van der Waals surface area contributed by atoms with Crippen molar-refractivity contribution in [2.75, 3.05) is 0 Å². The summed E-state index contributed by atoms with van der Waals surface area (Å²) in [5.41, 5.74) is 0. The van der Waals surface area contributed by atoms with Gasteiger partial charge in [0.15, 0.2) is 0 Å². The minimum absolute atomic E-state index is 0.00463. The van der Waals surface area contributed by atoms with Crippen molar-refractivity contribution in [2.24, 2.45) is 0 Å². The number of carbonyl (C=O) groups excluding carboxylic acids is 1. The lowest BCUT2D eigenvalue weighted by Crippen LogP contribution is -2.10. The second kappa shape index (κ2) is 4.79. The number of ketones is 1. The molecule has 0 rings (SSSR count). The van der Waals surface area contributed by atoms with Gasteiger partial charge in [-0.15, -0.1) is 0 Å². The Kier molecular flexibility index (Phi) is 4.77. The molecule has 1 atom stereocenters. The summed E-state index contributed by atoms with van der Waals surface area (Å²) in [4.78, 5) is 10.7. The van der Waals surface area contributed by atoms with Crippen molar-refractivity contribution in [2.45, 2.75) is 31.9 Å². The fraction of sp³-hybridized carbons (Fsp3) is 0.833. The van der Waals surface area contributed by atoms with Crippen molar-refractivity contribution in [3.05, 3.63) is 0 Å². The van der Waals surface area contributed by atoms with Crippen molar-refractivity contribution >= 4 is 17.9 Å². The molecule has 0 aliphatic carbocycles. The molecule has 9 heavy (non-hydrogen) atoms. The van der Waals surface area contributed by atoms with Gasteiger partial charge in [0.05, 0.1) is 17.4 Å². The monoisotopic (exact) mass is 150 g/mol. The third-order valence-electron chi connectivity index (χ3n) is 1.08. The summed E-state index contributed by atoms with van der Waals surface area (Å²) >= 11 is 0.123. The summed E-state index contributed by atoms with van der Waals surface area (Å²) in [6.07, 6.45) is 1.31. The number of halogens is 1. The molecule has 3 heteroatoms. The van der Waals surface area contributed by atoms with Crippen LogP contribution in [0.25, 0.3) is 0 Å². The third-order valence-corrected chi connectivity index (χ3v) is 1.61. The molecule has 0 N–H and O–H groups in total. The van der Waals surface area contributed by atoms with Crippen molar-refractivity contribution in [3.8, 4) is 0 Å². The highest BCUT2D eigenvalue weighted by molar-refractivity contribution is 7.95. The first-order valence-corrected chi connectivity index (χ1v) is 3.80. The molecular formula is C6H11FOS. The van der Waals surface area contributed by atoms with Gasteiger partial charge in [-0.3, -0.25) is 4.79 Å². The van der Waals surface area contributed by atoms with Crippen molar-refractivity contribution in [1.82, 2.24) is 0 Å². The molecule has 0 aliphatic rings. The first kappa shape index (κ1) is 8.95. The summed E-state index contributed by atoms with van der Waals surface area (Å²) in [5.74, 6) is 0.00463. The zero-order chi connectivity index (χ0) is 7.28. The van der Waals surface area contributed by atoms with Crippen LogP contribution in [0.1, 0.15) is 26.7 Å². The molecule has 0 heterocycles. The zero-order valence-corrected chi connectivity index (χ0v) is 6.50. The Labute approximate surface area is 59.3 Å². The van der Waals surface area contributed by atoms with Crippen LogP contribution >= 0.6 is 12.1 Å². The molecule has 1 nitrogen and oxygen atoms in total. The molecule has 0 radical (unpaired) electrons. The van der Waals surface area contributed by atoms with E-state index in [1.54, 1.807) is 6.92 Å². The normalized spacial score (nSPS) is 13.2. The predicted molar refractivity (Wildman–Crippen MR) is 38.1 cm³/mol. The van der Waals surface area contributed by atoms with E-state index < -0.39 is 5.25 Å². The molecule has 0 aromatic rings. The van der Waals surface area contributed by atoms with Gasteiger partial charge >= 0.3 is 0 Å². The van der Waals surface area contributed by atoms with Crippen LogP contribution in [0.4, 0.5) is 3.89 Å². The fourth-order valence-electron chi connectivity index (χ4n) is 0.499. The minimum Gasteiger partial charge on any atom is -0.298 e. The van der Waals surface area contributed by atoms with E-state index in [0.29, 0.717) is 6.42 Å². The average molecular weight is 150 g/mol. The van der Waals surface area contributed by atoms with Crippen LogP contribution in [0.15, 0.2) is 0 Å². The lowest BCUT2D eigenvalue weighted by atomic mass is 10.2. The van der Waals surface area contributed by atoms with Gasteiger partial charge in [-0.2, -0.15) is 3.89 Å². The highest BCUT2D eigenvalue weighted by Crippen LogP contribution is 2.13. The lowest BCUT2D eigenvalue weighted by molar-refractivity contribution is -0.118. The van der Waals surface area contributed by atoms with Gasteiger partial charge in [-0.25, -0.2) is 0 Å². The fourth-order valence-corrected chi connectivity index (χ4v) is 0.717. The van der Waals surface area contributed by atoms with E-state index >= 15 is 0 Å². The van der Waals surface area contributed by atoms with E-state index in [2.05, 4.69) is 0 Å². The SMILES string of the molecule is CCCC(=O)C(C)SF. The predicted octanol–water partition coefficient (Wildman–Crippen LogP) is 2.36. The molecule has 0 fully saturated rings. The summed E-state index contributed by atoms with van der Waals surface area (Å²) < 4.78 is 11.7. The first-order chi connectivity index (χ1) is 4.22. The Balaban J connectivity index is 3.46. The summed E-state index contributed by atoms with van der Waals surface area (Å²) in [7, 11) is 0. The molecule has 54 valence electrons. The van der Waals surface area contributed by atoms with Crippen molar-refractivity contribution < 1.29 is 8.68 Å². The molecule has 0 aromatic heterocycles. The van der Waals surface area contributed by atoms with E-state index in [4.69, 9.17) is 0 Å². The van der Waals surface area contributed by atoms with Crippen LogP contribution in [0.2, 0.25) is 0 Å². The van der Waals surface area contributed by atoms with E-state index in [-0.39, 0.29) is 17.9 Å². The van der Waals surface area contributed by atoms with Crippen LogP contribution in [0.5, 0.6) is 0 Å². The summed E-state index contributed by atoms with van der Waals surface area (Å²) in [5, 5.41) is -0.468.